The Kier molecular flexibility index (Phi) is 30.3. The average molecular weight is 842 g/mol. The summed E-state index contributed by atoms with van der Waals surface area (Å²) in [4.78, 5) is 12.7. The summed E-state index contributed by atoms with van der Waals surface area (Å²) in [5, 5.41) is 54.8. The summed E-state index contributed by atoms with van der Waals surface area (Å²) in [5.74, 6) is 58.6. The fraction of sp³-hybridized carbons (Fsp3) is 0.500. The van der Waals surface area contributed by atoms with Crippen molar-refractivity contribution in [3.05, 3.63) is 0 Å². The van der Waals surface area contributed by atoms with E-state index in [2.05, 4.69) is 154 Å². The Morgan fingerprint density at radius 3 is 1.41 bits per heavy atom. The zero-order chi connectivity index (χ0) is 43.2. The van der Waals surface area contributed by atoms with Gasteiger partial charge in [0, 0.05) is 75.7 Å². The van der Waals surface area contributed by atoms with E-state index in [-0.39, 0.29) is 34.2 Å². The van der Waals surface area contributed by atoms with Gasteiger partial charge in [-0.25, -0.2) is 0 Å². The van der Waals surface area contributed by atoms with E-state index in [4.69, 9.17) is 9.47 Å². The predicted molar refractivity (Wildman–Crippen MR) is 278 cm³/mol. The molecule has 1 heterocycles. The van der Waals surface area contributed by atoms with E-state index in [1.807, 2.05) is 0 Å². The highest BCUT2D eigenvalue weighted by Gasteiger charge is 2.43. The minimum absolute atomic E-state index is 0. The van der Waals surface area contributed by atoms with E-state index in [0.29, 0.717) is 12.8 Å². The van der Waals surface area contributed by atoms with E-state index < -0.39 is 61.5 Å². The molecule has 0 aliphatic carbocycles. The first-order valence-corrected chi connectivity index (χ1v) is 19.6. The van der Waals surface area contributed by atoms with Crippen molar-refractivity contribution in [2.24, 2.45) is 0 Å². The molecule has 1 aliphatic heterocycles. The zero-order valence-electron chi connectivity index (χ0n) is 34.0. The first-order valence-electron chi connectivity index (χ1n) is 19.6. The molecule has 1 saturated heterocycles. The molecule has 0 saturated carbocycles. The quantitative estimate of drug-likeness (QED) is 0.0565. The van der Waals surface area contributed by atoms with Gasteiger partial charge in [0.05, 0.1) is 24.9 Å². The fourth-order valence-electron chi connectivity index (χ4n) is 5.19. The second kappa shape index (κ2) is 35.1. The molecule has 352 valence electrons. The summed E-state index contributed by atoms with van der Waals surface area (Å²) in [6.45, 7) is 4.99. The minimum atomic E-state index is -1.59. The van der Waals surface area contributed by atoms with Crippen LogP contribution in [0.25, 0.3) is 0 Å². The van der Waals surface area contributed by atoms with Crippen molar-refractivity contribution in [3.8, 4) is 142 Å². The second-order valence-corrected chi connectivity index (χ2v) is 13.0. The molecule has 0 radical (unpaired) electrons. The third-order valence-corrected chi connectivity index (χ3v) is 8.34. The van der Waals surface area contributed by atoms with Crippen LogP contribution in [0.15, 0.2) is 0 Å². The molecule has 0 aromatic carbocycles. The van der Waals surface area contributed by atoms with Crippen LogP contribution >= 0.6 is 0 Å². The zero-order valence-corrected chi connectivity index (χ0v) is 34.0. The van der Waals surface area contributed by atoms with Crippen LogP contribution in [-0.2, 0) is 14.3 Å². The van der Waals surface area contributed by atoms with Crippen molar-refractivity contribution in [1.82, 2.24) is 5.32 Å². The number of unbranched alkanes of at least 4 members (excludes halogenated alkanes) is 11. The fourth-order valence-corrected chi connectivity index (χ4v) is 5.19. The lowest BCUT2D eigenvalue weighted by molar-refractivity contribution is -0.295. The van der Waals surface area contributed by atoms with Crippen LogP contribution in [0, 0.1) is 142 Å². The summed E-state index contributed by atoms with van der Waals surface area (Å²) in [6.07, 6.45) is 4.82. The molecule has 0 aromatic rings. The lowest BCUT2D eigenvalue weighted by Gasteiger charge is -2.39. The number of aliphatic hydroxyl groups is 5. The molecule has 59 heavy (non-hydrogen) atoms. The van der Waals surface area contributed by atoms with Crippen LogP contribution in [0.1, 0.15) is 138 Å². The number of hydrogen-bond donors (Lipinski definition) is 6. The first-order chi connectivity index (χ1) is 28.7. The second-order valence-electron chi connectivity index (χ2n) is 13.0. The van der Waals surface area contributed by atoms with Gasteiger partial charge >= 0.3 is 0 Å². The average Bonchev–Trinajstić information content (AvgIpc) is 3.23. The van der Waals surface area contributed by atoms with Crippen molar-refractivity contribution in [1.29, 1.82) is 0 Å². The summed E-state index contributed by atoms with van der Waals surface area (Å²) < 4.78 is 11.1. The maximum atomic E-state index is 12.7. The van der Waals surface area contributed by atoms with Gasteiger partial charge < -0.3 is 40.3 Å². The monoisotopic (exact) mass is 842 g/mol. The maximum Gasteiger partial charge on any atom is 0.297 e. The molecule has 9 heteroatoms. The van der Waals surface area contributed by atoms with E-state index in [1.54, 1.807) is 6.92 Å². The molecule has 9 nitrogen and oxygen atoms in total. The molecular formula is C50H99NO8. The van der Waals surface area contributed by atoms with Crippen molar-refractivity contribution in [2.45, 2.75) is 153 Å². The van der Waals surface area contributed by atoms with Gasteiger partial charge in [-0.15, -0.1) is 0 Å². The largest absolute Gasteiger partial charge is 0.390 e. The summed E-state index contributed by atoms with van der Waals surface area (Å²) in [7, 11) is 0. The number of amides is 1. The normalized spacial score (nSPS) is 17.9. The Balaban J connectivity index is -0.0000000659. The Morgan fingerprint density at radius 2 is 0.983 bits per heavy atom. The number of carbonyl (C=O) groups excluding carboxylic acids is 1. The first kappa shape index (κ1) is 50.9. The van der Waals surface area contributed by atoms with Crippen molar-refractivity contribution >= 4 is 5.91 Å². The van der Waals surface area contributed by atoms with E-state index >= 15 is 0 Å². The smallest absolute Gasteiger partial charge is 0.297 e. The Labute approximate surface area is 387 Å². The third-order valence-electron chi connectivity index (χ3n) is 8.34. The van der Waals surface area contributed by atoms with Crippen molar-refractivity contribution in [3.63, 3.8) is 0 Å². The van der Waals surface area contributed by atoms with Gasteiger partial charge in [0.2, 0.25) is 0 Å². The Hall–Kier alpha value is -6.09. The number of rotatable bonds is 19. The highest BCUT2D eigenvalue weighted by atomic mass is 16.7. The SMILES string of the molecule is CC#CC#CC#CC#CC#CC#CC#CC#CC#CC#CC#CC#CC(=O)N[C@@H](CO[C@H]1O[C@@H](C)[C@@H](O)C(O)C1O)[C@H](O)[C@H](O)CCCCCCCCCCCCCC.[HH].[HH].[HH].[HH].[HH].[HH].[HH].[HH].[HH].[HH].[HH].[HH].[HH].[HH].[HH].[HH].[HH].[HH].[HH].[HH].[HH].[HH].[HH].[HH]. The van der Waals surface area contributed by atoms with Crippen molar-refractivity contribution in [2.75, 3.05) is 6.61 Å². The minimum Gasteiger partial charge on any atom is -0.390 e. The van der Waals surface area contributed by atoms with Gasteiger partial charge in [-0.05, 0) is 115 Å². The van der Waals surface area contributed by atoms with Crippen molar-refractivity contribution < 1.29 is 74.0 Å². The van der Waals surface area contributed by atoms with Gasteiger partial charge in [-0.3, -0.25) is 4.79 Å². The van der Waals surface area contributed by atoms with Gasteiger partial charge in [0.15, 0.2) is 6.29 Å². The maximum absolute atomic E-state index is 12.7. The molecule has 0 bridgehead atoms. The Morgan fingerprint density at radius 1 is 0.593 bits per heavy atom. The molecular weight excluding hydrogens is 743 g/mol. The number of ether oxygens (including phenoxy) is 2. The lowest BCUT2D eigenvalue weighted by atomic mass is 9.98. The number of nitrogens with one attached hydrogen (secondary N) is 1. The van der Waals surface area contributed by atoms with Gasteiger partial charge in [0.25, 0.3) is 5.91 Å². The molecule has 2 unspecified atom stereocenters. The lowest BCUT2D eigenvalue weighted by Crippen LogP contribution is -2.58. The topological polar surface area (TPSA) is 149 Å². The summed E-state index contributed by atoms with van der Waals surface area (Å²) in [5.41, 5.74) is 0. The summed E-state index contributed by atoms with van der Waals surface area (Å²) in [6, 6.07) is -1.17. The van der Waals surface area contributed by atoms with E-state index in [9.17, 15) is 30.3 Å². The van der Waals surface area contributed by atoms with Crippen LogP contribution in [0.2, 0.25) is 0 Å². The molecule has 8 atom stereocenters. The molecule has 1 aliphatic rings. The third kappa shape index (κ3) is 26.5. The molecule has 0 aromatic heterocycles. The number of hydrogen-bond acceptors (Lipinski definition) is 8. The Bertz CT molecular complexity index is 2190. The summed E-state index contributed by atoms with van der Waals surface area (Å²) >= 11 is 0. The van der Waals surface area contributed by atoms with E-state index in [0.717, 1.165) is 19.3 Å². The van der Waals surface area contributed by atoms with Crippen LogP contribution in [-0.4, -0.2) is 87.0 Å². The van der Waals surface area contributed by atoms with Gasteiger partial charge in [-0.2, -0.15) is 0 Å². The number of carbonyl (C=O) groups is 1. The van der Waals surface area contributed by atoms with Crippen LogP contribution < -0.4 is 5.32 Å². The van der Waals surface area contributed by atoms with Crippen LogP contribution in [0.3, 0.4) is 0 Å². The molecule has 6 N–H and O–H groups in total. The highest BCUT2D eigenvalue weighted by Crippen LogP contribution is 2.22. The molecule has 0 spiro atoms. The van der Waals surface area contributed by atoms with Crippen LogP contribution in [0.4, 0.5) is 0 Å². The molecule has 1 fully saturated rings. The van der Waals surface area contributed by atoms with Gasteiger partial charge in [-0.1, -0.05) is 89.9 Å². The highest BCUT2D eigenvalue weighted by molar-refractivity contribution is 5.94. The standard InChI is InChI=1S/C50H51NO8.24H2/c1-4-6-8-10-12-14-16-18-19-20-21-22-23-24-25-26-27-28-30-32-34-36-38-40-45(53)51-43(41-58-50-49(57)48(56)46(54)42(3)59-50)47(55)44(52)39-37-35-33-31-29-17-15-13-11-9-7-5-2;;;;;;;;;;;;;;;;;;;;;;;;/h42-44,46-50,52,54-57H,5,7,9,11,13,15,17,29,31,33,35,37,39,41H2,1-3H3,(H,51,53);24*1H/t42-,43-,44+,46+,47-,48?,49?,50-;;;;;;;;;;;;;;;;;;;;;;;;/m0......................../s1. The number of aliphatic hydroxyl groups excluding tert-OH is 5. The van der Waals surface area contributed by atoms with Crippen LogP contribution in [0.5, 0.6) is 0 Å². The van der Waals surface area contributed by atoms with E-state index in [1.165, 1.54) is 58.3 Å². The molecule has 1 rings (SSSR count). The van der Waals surface area contributed by atoms with Gasteiger partial charge in [0.1, 0.15) is 24.4 Å². The predicted octanol–water partition coefficient (Wildman–Crippen LogP) is 8.09. The molecule has 1 amide bonds.